The topological polar surface area (TPSA) is 57.7 Å². The lowest BCUT2D eigenvalue weighted by Gasteiger charge is -2.21. The van der Waals surface area contributed by atoms with E-state index in [2.05, 4.69) is 21.3 Å². The Kier molecular flexibility index (Phi) is 5.11. The molecule has 1 amide bonds. The number of carbonyl (C=O) groups excluding carboxylic acids is 1. The molecule has 2 aliphatic heterocycles. The van der Waals surface area contributed by atoms with Crippen molar-refractivity contribution in [3.63, 3.8) is 0 Å². The van der Waals surface area contributed by atoms with Gasteiger partial charge in [-0.05, 0) is 37.1 Å². The van der Waals surface area contributed by atoms with Crippen LogP contribution in [0.2, 0.25) is 0 Å². The smallest absolute Gasteiger partial charge is 0.236 e. The molecule has 144 valence electrons. The number of aromatic nitrogens is 1. The van der Waals surface area contributed by atoms with Gasteiger partial charge in [-0.15, -0.1) is 0 Å². The lowest BCUT2D eigenvalue weighted by atomic mass is 10.1. The molecule has 4 rings (SSSR count). The van der Waals surface area contributed by atoms with E-state index >= 15 is 0 Å². The second-order valence-corrected chi connectivity index (χ2v) is 7.34. The van der Waals surface area contributed by atoms with E-state index in [1.165, 1.54) is 0 Å². The second kappa shape index (κ2) is 7.68. The third-order valence-electron chi connectivity index (χ3n) is 5.41. The highest BCUT2D eigenvalue weighted by molar-refractivity contribution is 5.88. The van der Waals surface area contributed by atoms with Crippen LogP contribution in [0.25, 0.3) is 10.9 Å². The third kappa shape index (κ3) is 3.98. The summed E-state index contributed by atoms with van der Waals surface area (Å²) in [5.41, 5.74) is 1.92. The Bertz CT molecular complexity index is 831. The number of hydrogen-bond donors (Lipinski definition) is 1. The summed E-state index contributed by atoms with van der Waals surface area (Å²) in [5.74, 6) is 0.844. The van der Waals surface area contributed by atoms with E-state index in [9.17, 15) is 9.18 Å². The molecule has 2 fully saturated rings. The van der Waals surface area contributed by atoms with Gasteiger partial charge in [-0.1, -0.05) is 0 Å². The number of rotatable bonds is 5. The zero-order valence-electron chi connectivity index (χ0n) is 15.5. The fourth-order valence-corrected chi connectivity index (χ4v) is 3.95. The summed E-state index contributed by atoms with van der Waals surface area (Å²) in [7, 11) is 1.66. The third-order valence-corrected chi connectivity index (χ3v) is 5.41. The maximum absolute atomic E-state index is 13.3. The van der Waals surface area contributed by atoms with E-state index in [-0.39, 0.29) is 18.5 Å². The molecule has 6 nitrogen and oxygen atoms in total. The fraction of sp³-hybridized carbons (Fsp3) is 0.500. The lowest BCUT2D eigenvalue weighted by molar-refractivity contribution is -0.131. The first-order valence-corrected chi connectivity index (χ1v) is 9.46. The van der Waals surface area contributed by atoms with Crippen molar-refractivity contribution < 1.29 is 13.9 Å². The number of anilines is 1. The summed E-state index contributed by atoms with van der Waals surface area (Å²) in [6.07, 6.45) is 2.32. The molecule has 0 bridgehead atoms. The number of pyridine rings is 1. The van der Waals surface area contributed by atoms with Gasteiger partial charge in [0.2, 0.25) is 5.91 Å². The minimum absolute atomic E-state index is 0.0392. The van der Waals surface area contributed by atoms with Crippen LogP contribution in [0.1, 0.15) is 12.8 Å². The van der Waals surface area contributed by atoms with E-state index in [0.717, 1.165) is 41.9 Å². The first kappa shape index (κ1) is 18.0. The zero-order chi connectivity index (χ0) is 18.8. The Morgan fingerprint density at radius 2 is 2.19 bits per heavy atom. The number of halogens is 1. The van der Waals surface area contributed by atoms with Crippen molar-refractivity contribution in [2.75, 3.05) is 45.2 Å². The van der Waals surface area contributed by atoms with Gasteiger partial charge in [0.15, 0.2) is 0 Å². The van der Waals surface area contributed by atoms with Crippen molar-refractivity contribution in [3.8, 4) is 5.75 Å². The molecule has 27 heavy (non-hydrogen) atoms. The monoisotopic (exact) mass is 372 g/mol. The minimum Gasteiger partial charge on any atom is -0.496 e. The van der Waals surface area contributed by atoms with Gasteiger partial charge in [-0.2, -0.15) is 0 Å². The molecule has 2 atom stereocenters. The van der Waals surface area contributed by atoms with Crippen molar-refractivity contribution in [1.29, 1.82) is 0 Å². The largest absolute Gasteiger partial charge is 0.496 e. The normalized spacial score (nSPS) is 23.1. The first-order valence-electron chi connectivity index (χ1n) is 9.46. The van der Waals surface area contributed by atoms with Crippen LogP contribution in [0, 0.1) is 0 Å². The molecule has 0 unspecified atom stereocenters. The van der Waals surface area contributed by atoms with Gasteiger partial charge in [-0.25, -0.2) is 4.39 Å². The molecule has 0 saturated carbocycles. The number of fused-ring (bicyclic) bond motifs is 1. The molecule has 7 heteroatoms. The van der Waals surface area contributed by atoms with Gasteiger partial charge in [0.05, 0.1) is 25.7 Å². The van der Waals surface area contributed by atoms with Gasteiger partial charge >= 0.3 is 0 Å². The summed E-state index contributed by atoms with van der Waals surface area (Å²) in [4.78, 5) is 20.5. The highest BCUT2D eigenvalue weighted by atomic mass is 19.1. The van der Waals surface area contributed by atoms with Crippen LogP contribution in [0.4, 0.5) is 10.1 Å². The summed E-state index contributed by atoms with van der Waals surface area (Å²) in [6.45, 7) is 2.85. The van der Waals surface area contributed by atoms with Gasteiger partial charge in [0.1, 0.15) is 11.9 Å². The maximum atomic E-state index is 13.3. The van der Waals surface area contributed by atoms with Crippen LogP contribution >= 0.6 is 0 Å². The first-order chi connectivity index (χ1) is 13.1. The molecule has 1 N–H and O–H groups in total. The maximum Gasteiger partial charge on any atom is 0.236 e. The number of carbonyl (C=O) groups is 1. The number of amides is 1. The average molecular weight is 372 g/mol. The average Bonchev–Trinajstić information content (AvgIpc) is 3.30. The Balaban J connectivity index is 1.36. The summed E-state index contributed by atoms with van der Waals surface area (Å²) in [6, 6.07) is 8.20. The Morgan fingerprint density at radius 3 is 2.96 bits per heavy atom. The van der Waals surface area contributed by atoms with Crippen LogP contribution in [-0.4, -0.2) is 72.7 Å². The van der Waals surface area contributed by atoms with Crippen LogP contribution < -0.4 is 10.1 Å². The SMILES string of the molecule is COc1ccnc2ccc(N[C@@H]3CCN(CC(=O)N4CC[C@H](F)C4)C3)cc12. The highest BCUT2D eigenvalue weighted by Gasteiger charge is 2.29. The Morgan fingerprint density at radius 1 is 1.30 bits per heavy atom. The molecule has 2 aliphatic rings. The number of nitrogens with one attached hydrogen (secondary N) is 1. The van der Waals surface area contributed by atoms with Crippen molar-refractivity contribution in [2.45, 2.75) is 25.1 Å². The van der Waals surface area contributed by atoms with Crippen LogP contribution in [0.3, 0.4) is 0 Å². The van der Waals surface area contributed by atoms with Gasteiger partial charge < -0.3 is 15.0 Å². The van der Waals surface area contributed by atoms with Gasteiger partial charge in [0, 0.05) is 42.9 Å². The number of hydrogen-bond acceptors (Lipinski definition) is 5. The van der Waals surface area contributed by atoms with E-state index < -0.39 is 6.17 Å². The fourth-order valence-electron chi connectivity index (χ4n) is 3.95. The summed E-state index contributed by atoms with van der Waals surface area (Å²) in [5, 5.41) is 4.53. The van der Waals surface area contributed by atoms with Gasteiger partial charge in [-0.3, -0.25) is 14.7 Å². The van der Waals surface area contributed by atoms with Crippen LogP contribution in [0.5, 0.6) is 5.75 Å². The second-order valence-electron chi connectivity index (χ2n) is 7.34. The van der Waals surface area contributed by atoms with E-state index in [1.807, 2.05) is 18.2 Å². The molecule has 0 aliphatic carbocycles. The van der Waals surface area contributed by atoms with E-state index in [0.29, 0.717) is 19.5 Å². The number of ether oxygens (including phenoxy) is 1. The predicted octanol–water partition coefficient (Wildman–Crippen LogP) is 2.30. The number of nitrogens with zero attached hydrogens (tertiary/aromatic N) is 3. The summed E-state index contributed by atoms with van der Waals surface area (Å²) >= 11 is 0. The van der Waals surface area contributed by atoms with E-state index in [4.69, 9.17) is 4.74 Å². The standard InChI is InChI=1S/C20H25FN4O2/c1-27-19-4-7-22-18-3-2-15(10-17(18)19)23-16-6-8-24(12-16)13-20(26)25-9-5-14(21)11-25/h2-4,7,10,14,16,23H,5-6,8-9,11-13H2,1H3/t14-,16+/m0/s1. The minimum atomic E-state index is -0.860. The van der Waals surface area contributed by atoms with Crippen LogP contribution in [-0.2, 0) is 4.79 Å². The van der Waals surface area contributed by atoms with E-state index in [1.54, 1.807) is 18.2 Å². The quantitative estimate of drug-likeness (QED) is 0.873. The molecule has 0 radical (unpaired) electrons. The number of alkyl halides is 1. The zero-order valence-corrected chi connectivity index (χ0v) is 15.5. The predicted molar refractivity (Wildman–Crippen MR) is 103 cm³/mol. The molecular formula is C20H25FN4O2. The van der Waals surface area contributed by atoms with Crippen molar-refractivity contribution in [2.24, 2.45) is 0 Å². The van der Waals surface area contributed by atoms with Crippen LogP contribution in [0.15, 0.2) is 30.5 Å². The van der Waals surface area contributed by atoms with Crippen molar-refractivity contribution in [1.82, 2.24) is 14.8 Å². The number of methoxy groups -OCH3 is 1. The number of likely N-dealkylation sites (tertiary alicyclic amines) is 2. The molecule has 2 saturated heterocycles. The van der Waals surface area contributed by atoms with Gasteiger partial charge in [0.25, 0.3) is 0 Å². The molecule has 0 spiro atoms. The highest BCUT2D eigenvalue weighted by Crippen LogP contribution is 2.27. The van der Waals surface area contributed by atoms with Crippen molar-refractivity contribution in [3.05, 3.63) is 30.5 Å². The lowest BCUT2D eigenvalue weighted by Crippen LogP contribution is -2.39. The molecular weight excluding hydrogens is 347 g/mol. The Hall–Kier alpha value is -2.41. The van der Waals surface area contributed by atoms with Crippen molar-refractivity contribution >= 4 is 22.5 Å². The summed E-state index contributed by atoms with van der Waals surface area (Å²) < 4.78 is 18.7. The molecule has 1 aromatic heterocycles. The number of benzene rings is 1. The molecule has 2 aromatic rings. The molecule has 3 heterocycles. The Labute approximate surface area is 158 Å². The molecule has 1 aromatic carbocycles.